The quantitative estimate of drug-likeness (QED) is 0.796. The minimum absolute atomic E-state index is 0.185. The predicted octanol–water partition coefficient (Wildman–Crippen LogP) is 1.97. The standard InChI is InChI=1S/C11H10Cl2N2O2/c12-6-2-1-3-8(10(6)13)15-9(16)5-4-7(14)11(15)17/h1-3,7H,4-5,14H2. The van der Waals surface area contributed by atoms with Gasteiger partial charge in [0.1, 0.15) is 0 Å². The Morgan fingerprint density at radius 1 is 1.29 bits per heavy atom. The van der Waals surface area contributed by atoms with Crippen LogP contribution in [0.1, 0.15) is 12.8 Å². The van der Waals surface area contributed by atoms with Gasteiger partial charge in [-0.1, -0.05) is 29.3 Å². The van der Waals surface area contributed by atoms with Crippen molar-refractivity contribution in [3.05, 3.63) is 28.2 Å². The Labute approximate surface area is 108 Å². The molecule has 0 saturated carbocycles. The van der Waals surface area contributed by atoms with Gasteiger partial charge >= 0.3 is 0 Å². The lowest BCUT2D eigenvalue weighted by Gasteiger charge is -2.29. The largest absolute Gasteiger partial charge is 0.320 e. The molecule has 2 N–H and O–H groups in total. The van der Waals surface area contributed by atoms with Crippen molar-refractivity contribution in [2.24, 2.45) is 5.73 Å². The van der Waals surface area contributed by atoms with Gasteiger partial charge in [0.15, 0.2) is 0 Å². The van der Waals surface area contributed by atoms with E-state index in [4.69, 9.17) is 28.9 Å². The first-order valence-corrected chi connectivity index (χ1v) is 5.84. The van der Waals surface area contributed by atoms with Gasteiger partial charge in [0, 0.05) is 6.42 Å². The fourth-order valence-corrected chi connectivity index (χ4v) is 2.10. The number of benzene rings is 1. The van der Waals surface area contributed by atoms with E-state index in [9.17, 15) is 9.59 Å². The molecule has 1 heterocycles. The number of imide groups is 1. The molecule has 2 rings (SSSR count). The highest BCUT2D eigenvalue weighted by atomic mass is 35.5. The van der Waals surface area contributed by atoms with Crippen LogP contribution in [-0.4, -0.2) is 17.9 Å². The Balaban J connectivity index is 2.47. The molecule has 1 saturated heterocycles. The van der Waals surface area contributed by atoms with Crippen LogP contribution in [0.3, 0.4) is 0 Å². The van der Waals surface area contributed by atoms with Crippen molar-refractivity contribution < 1.29 is 9.59 Å². The highest BCUT2D eigenvalue weighted by Crippen LogP contribution is 2.34. The van der Waals surface area contributed by atoms with E-state index in [2.05, 4.69) is 0 Å². The van der Waals surface area contributed by atoms with Gasteiger partial charge in [0.05, 0.1) is 21.8 Å². The normalized spacial score (nSPS) is 20.9. The van der Waals surface area contributed by atoms with Gasteiger partial charge in [0.25, 0.3) is 5.91 Å². The van der Waals surface area contributed by atoms with Crippen LogP contribution in [0.4, 0.5) is 5.69 Å². The summed E-state index contributed by atoms with van der Waals surface area (Å²) >= 11 is 11.8. The van der Waals surface area contributed by atoms with Gasteiger partial charge in [-0.05, 0) is 18.6 Å². The molecule has 1 aliphatic heterocycles. The number of carbonyl (C=O) groups excluding carboxylic acids is 2. The Morgan fingerprint density at radius 3 is 2.71 bits per heavy atom. The Kier molecular flexibility index (Phi) is 3.38. The zero-order chi connectivity index (χ0) is 12.6. The number of carbonyl (C=O) groups is 2. The summed E-state index contributed by atoms with van der Waals surface area (Å²) < 4.78 is 0. The van der Waals surface area contributed by atoms with Gasteiger partial charge in [-0.2, -0.15) is 0 Å². The Morgan fingerprint density at radius 2 is 2.00 bits per heavy atom. The van der Waals surface area contributed by atoms with E-state index in [0.717, 1.165) is 4.90 Å². The highest BCUT2D eigenvalue weighted by Gasteiger charge is 2.34. The summed E-state index contributed by atoms with van der Waals surface area (Å²) in [5, 5.41) is 0.480. The van der Waals surface area contributed by atoms with Crippen LogP contribution in [0, 0.1) is 0 Å². The van der Waals surface area contributed by atoms with E-state index < -0.39 is 11.9 Å². The van der Waals surface area contributed by atoms with Crippen molar-refractivity contribution in [2.45, 2.75) is 18.9 Å². The van der Waals surface area contributed by atoms with E-state index in [-0.39, 0.29) is 17.4 Å². The smallest absolute Gasteiger partial charge is 0.250 e. The molecule has 90 valence electrons. The first-order chi connectivity index (χ1) is 8.02. The lowest BCUT2D eigenvalue weighted by molar-refractivity contribution is -0.130. The number of nitrogens with zero attached hydrogens (tertiary/aromatic N) is 1. The first-order valence-electron chi connectivity index (χ1n) is 5.08. The summed E-state index contributed by atoms with van der Waals surface area (Å²) in [7, 11) is 0. The second kappa shape index (κ2) is 4.64. The first kappa shape index (κ1) is 12.4. The Hall–Kier alpha value is -1.10. The van der Waals surface area contributed by atoms with Crippen molar-refractivity contribution in [3.63, 3.8) is 0 Å². The van der Waals surface area contributed by atoms with Gasteiger partial charge in [-0.3, -0.25) is 9.59 Å². The fourth-order valence-electron chi connectivity index (χ4n) is 1.72. The number of amides is 2. The molecular weight excluding hydrogens is 263 g/mol. The molecule has 0 bridgehead atoms. The number of rotatable bonds is 1. The third-order valence-corrected chi connectivity index (χ3v) is 3.44. The van der Waals surface area contributed by atoms with Crippen LogP contribution >= 0.6 is 23.2 Å². The second-order valence-electron chi connectivity index (χ2n) is 3.79. The molecule has 1 unspecified atom stereocenters. The maximum atomic E-state index is 11.9. The van der Waals surface area contributed by atoms with Crippen molar-refractivity contribution in [1.82, 2.24) is 0 Å². The fraction of sp³-hybridized carbons (Fsp3) is 0.273. The van der Waals surface area contributed by atoms with Crippen LogP contribution in [0.5, 0.6) is 0 Å². The summed E-state index contributed by atoms with van der Waals surface area (Å²) in [6, 6.07) is 4.13. The van der Waals surface area contributed by atoms with Crippen molar-refractivity contribution in [3.8, 4) is 0 Å². The molecule has 0 aliphatic carbocycles. The molecule has 1 aromatic carbocycles. The van der Waals surface area contributed by atoms with Crippen molar-refractivity contribution >= 4 is 40.7 Å². The van der Waals surface area contributed by atoms with Crippen molar-refractivity contribution in [1.29, 1.82) is 0 Å². The summed E-state index contributed by atoms with van der Waals surface area (Å²) in [5.74, 6) is -0.744. The number of halogens is 2. The molecule has 1 aliphatic rings. The number of anilines is 1. The van der Waals surface area contributed by atoms with E-state index >= 15 is 0 Å². The minimum Gasteiger partial charge on any atom is -0.320 e. The van der Waals surface area contributed by atoms with Crippen LogP contribution in [0.25, 0.3) is 0 Å². The molecule has 6 heteroatoms. The van der Waals surface area contributed by atoms with Gasteiger partial charge in [-0.25, -0.2) is 4.90 Å². The molecular formula is C11H10Cl2N2O2. The number of nitrogens with two attached hydrogens (primary N) is 1. The third kappa shape index (κ3) is 2.16. The summed E-state index contributed by atoms with van der Waals surface area (Å²) in [4.78, 5) is 24.7. The lowest BCUT2D eigenvalue weighted by atomic mass is 10.0. The molecule has 1 atom stereocenters. The van der Waals surface area contributed by atoms with E-state index in [1.165, 1.54) is 0 Å². The molecule has 4 nitrogen and oxygen atoms in total. The maximum absolute atomic E-state index is 11.9. The third-order valence-electron chi connectivity index (χ3n) is 2.63. The topological polar surface area (TPSA) is 63.4 Å². The molecule has 1 aromatic rings. The van der Waals surface area contributed by atoms with Crippen LogP contribution in [0.2, 0.25) is 10.0 Å². The monoisotopic (exact) mass is 272 g/mol. The van der Waals surface area contributed by atoms with E-state index in [1.807, 2.05) is 0 Å². The molecule has 0 aromatic heterocycles. The predicted molar refractivity (Wildman–Crippen MR) is 66.2 cm³/mol. The number of piperidine rings is 1. The minimum atomic E-state index is -0.664. The van der Waals surface area contributed by atoms with Crippen LogP contribution in [-0.2, 0) is 9.59 Å². The van der Waals surface area contributed by atoms with Gasteiger partial charge in [-0.15, -0.1) is 0 Å². The van der Waals surface area contributed by atoms with E-state index in [1.54, 1.807) is 18.2 Å². The molecule has 17 heavy (non-hydrogen) atoms. The molecule has 1 fully saturated rings. The lowest BCUT2D eigenvalue weighted by Crippen LogP contribution is -2.51. The van der Waals surface area contributed by atoms with E-state index in [0.29, 0.717) is 17.1 Å². The van der Waals surface area contributed by atoms with Gasteiger partial charge in [0.2, 0.25) is 5.91 Å². The Bertz CT molecular complexity index is 490. The zero-order valence-electron chi connectivity index (χ0n) is 8.82. The van der Waals surface area contributed by atoms with Crippen LogP contribution < -0.4 is 10.6 Å². The summed E-state index contributed by atoms with van der Waals surface area (Å²) in [6.07, 6.45) is 0.599. The van der Waals surface area contributed by atoms with Gasteiger partial charge < -0.3 is 5.73 Å². The highest BCUT2D eigenvalue weighted by molar-refractivity contribution is 6.44. The van der Waals surface area contributed by atoms with Crippen molar-refractivity contribution in [2.75, 3.05) is 4.90 Å². The average molecular weight is 273 g/mol. The SMILES string of the molecule is NC1CCC(=O)N(c2cccc(Cl)c2Cl)C1=O. The average Bonchev–Trinajstić information content (AvgIpc) is 2.30. The molecule has 0 radical (unpaired) electrons. The second-order valence-corrected chi connectivity index (χ2v) is 4.57. The number of hydrogen-bond acceptors (Lipinski definition) is 3. The maximum Gasteiger partial charge on any atom is 0.250 e. The zero-order valence-corrected chi connectivity index (χ0v) is 10.3. The number of hydrogen-bond donors (Lipinski definition) is 1. The van der Waals surface area contributed by atoms with Crippen LogP contribution in [0.15, 0.2) is 18.2 Å². The molecule has 0 spiro atoms. The molecule has 2 amide bonds. The summed E-state index contributed by atoms with van der Waals surface area (Å²) in [6.45, 7) is 0. The summed E-state index contributed by atoms with van der Waals surface area (Å²) in [5.41, 5.74) is 5.93.